The summed E-state index contributed by atoms with van der Waals surface area (Å²) >= 11 is 10.7. The van der Waals surface area contributed by atoms with Gasteiger partial charge < -0.3 is 21.3 Å². The summed E-state index contributed by atoms with van der Waals surface area (Å²) in [4.78, 5) is 27.2. The highest BCUT2D eigenvalue weighted by molar-refractivity contribution is 7.80. The fraction of sp³-hybridized carbons (Fsp3) is 0.250. The van der Waals surface area contributed by atoms with Crippen molar-refractivity contribution in [2.45, 2.75) is 25.4 Å². The summed E-state index contributed by atoms with van der Waals surface area (Å²) in [6.07, 6.45) is 1.43. The second-order valence-electron chi connectivity index (χ2n) is 6.57. The minimum atomic E-state index is -0.480. The third-order valence-electron chi connectivity index (χ3n) is 4.57. The first-order valence-corrected chi connectivity index (χ1v) is 9.72. The molecule has 146 valence electrons. The van der Waals surface area contributed by atoms with Crippen LogP contribution in [0.4, 0.5) is 5.69 Å². The van der Waals surface area contributed by atoms with Crippen LogP contribution in [0, 0.1) is 0 Å². The number of carbonyl (C=O) groups excluding carboxylic acids is 2. The van der Waals surface area contributed by atoms with Gasteiger partial charge in [0.25, 0.3) is 5.91 Å². The molecule has 0 unspecified atom stereocenters. The fourth-order valence-corrected chi connectivity index (χ4v) is 3.47. The lowest BCUT2D eigenvalue weighted by Gasteiger charge is -2.24. The largest absolute Gasteiger partial charge is 0.376 e. The number of amides is 2. The maximum absolute atomic E-state index is 13.0. The molecule has 0 radical (unpaired) electrons. The van der Waals surface area contributed by atoms with Gasteiger partial charge >= 0.3 is 0 Å². The molecule has 28 heavy (non-hydrogen) atoms. The standard InChI is InChI=1S/C20H21ClN4O2S/c21-15-8-6-13(7-9-15)12-23-18(26)17-5-2-10-25(17)19(27)14-3-1-4-16(11-14)24-20(22)28/h1,3-4,6-9,11,17H,2,5,10,12H2,(H,23,26)(H3,22,24,28)/t17-/m0/s1. The first kappa shape index (κ1) is 20.1. The molecule has 1 aliphatic heterocycles. The number of anilines is 1. The maximum Gasteiger partial charge on any atom is 0.254 e. The SMILES string of the molecule is NC(=S)Nc1cccc(C(=O)N2CCC[C@H]2C(=O)NCc2ccc(Cl)cc2)c1. The van der Waals surface area contributed by atoms with E-state index in [2.05, 4.69) is 10.6 Å². The average molecular weight is 417 g/mol. The van der Waals surface area contributed by atoms with Crippen molar-refractivity contribution in [3.8, 4) is 0 Å². The summed E-state index contributed by atoms with van der Waals surface area (Å²) in [5.74, 6) is -0.339. The molecule has 1 atom stereocenters. The smallest absolute Gasteiger partial charge is 0.254 e. The highest BCUT2D eigenvalue weighted by Crippen LogP contribution is 2.22. The van der Waals surface area contributed by atoms with Gasteiger partial charge in [-0.05, 0) is 61.0 Å². The molecule has 6 nitrogen and oxygen atoms in total. The third kappa shape index (κ3) is 4.99. The van der Waals surface area contributed by atoms with Crippen molar-refractivity contribution in [3.63, 3.8) is 0 Å². The number of carbonyl (C=O) groups is 2. The zero-order valence-corrected chi connectivity index (χ0v) is 16.7. The Morgan fingerprint density at radius 1 is 1.21 bits per heavy atom. The van der Waals surface area contributed by atoms with Crippen LogP contribution in [0.25, 0.3) is 0 Å². The predicted octanol–water partition coefficient (Wildman–Crippen LogP) is 2.92. The Kier molecular flexibility index (Phi) is 6.49. The first-order valence-electron chi connectivity index (χ1n) is 8.93. The molecule has 2 aromatic rings. The Morgan fingerprint density at radius 2 is 1.96 bits per heavy atom. The highest BCUT2D eigenvalue weighted by atomic mass is 35.5. The maximum atomic E-state index is 13.0. The summed E-state index contributed by atoms with van der Waals surface area (Å²) in [5.41, 5.74) is 7.56. The number of nitrogens with one attached hydrogen (secondary N) is 2. The van der Waals surface area contributed by atoms with E-state index in [1.54, 1.807) is 41.3 Å². The quantitative estimate of drug-likeness (QED) is 0.652. The lowest BCUT2D eigenvalue weighted by molar-refractivity contribution is -0.125. The number of thiocarbonyl (C=S) groups is 1. The van der Waals surface area contributed by atoms with Crippen molar-refractivity contribution >= 4 is 46.4 Å². The van der Waals surface area contributed by atoms with Crippen LogP contribution in [0.1, 0.15) is 28.8 Å². The van der Waals surface area contributed by atoms with Gasteiger partial charge in [-0.3, -0.25) is 9.59 Å². The summed E-state index contributed by atoms with van der Waals surface area (Å²) in [5, 5.41) is 6.51. The number of rotatable bonds is 5. The Labute approximate surface area is 174 Å². The summed E-state index contributed by atoms with van der Waals surface area (Å²) < 4.78 is 0. The summed E-state index contributed by atoms with van der Waals surface area (Å²) in [7, 11) is 0. The van der Waals surface area contributed by atoms with Crippen LogP contribution < -0.4 is 16.4 Å². The van der Waals surface area contributed by atoms with Crippen LogP contribution in [0.5, 0.6) is 0 Å². The van der Waals surface area contributed by atoms with Gasteiger partial charge in [0.2, 0.25) is 5.91 Å². The van der Waals surface area contributed by atoms with Crippen molar-refractivity contribution < 1.29 is 9.59 Å². The number of nitrogens with zero attached hydrogens (tertiary/aromatic N) is 1. The lowest BCUT2D eigenvalue weighted by Crippen LogP contribution is -2.45. The van der Waals surface area contributed by atoms with Crippen LogP contribution >= 0.6 is 23.8 Å². The van der Waals surface area contributed by atoms with E-state index in [-0.39, 0.29) is 16.9 Å². The van der Waals surface area contributed by atoms with Gasteiger partial charge in [-0.2, -0.15) is 0 Å². The monoisotopic (exact) mass is 416 g/mol. The van der Waals surface area contributed by atoms with Crippen LogP contribution in [-0.4, -0.2) is 34.4 Å². The second-order valence-corrected chi connectivity index (χ2v) is 7.45. The number of halogens is 1. The van der Waals surface area contributed by atoms with E-state index in [0.717, 1.165) is 12.0 Å². The van der Waals surface area contributed by atoms with Gasteiger partial charge in [-0.25, -0.2) is 0 Å². The molecule has 4 N–H and O–H groups in total. The highest BCUT2D eigenvalue weighted by Gasteiger charge is 2.34. The van der Waals surface area contributed by atoms with Crippen molar-refractivity contribution in [1.29, 1.82) is 0 Å². The topological polar surface area (TPSA) is 87.5 Å². The predicted molar refractivity (Wildman–Crippen MR) is 114 cm³/mol. The molecule has 1 saturated heterocycles. The molecule has 0 aliphatic carbocycles. The van der Waals surface area contributed by atoms with Crippen molar-refractivity contribution in [2.24, 2.45) is 5.73 Å². The van der Waals surface area contributed by atoms with Crippen molar-refractivity contribution in [1.82, 2.24) is 10.2 Å². The average Bonchev–Trinajstić information content (AvgIpc) is 3.16. The van der Waals surface area contributed by atoms with E-state index in [1.807, 2.05) is 12.1 Å². The molecule has 2 aromatic carbocycles. The van der Waals surface area contributed by atoms with Gasteiger partial charge in [0, 0.05) is 29.4 Å². The Morgan fingerprint density at radius 3 is 2.68 bits per heavy atom. The third-order valence-corrected chi connectivity index (χ3v) is 4.93. The van der Waals surface area contributed by atoms with Gasteiger partial charge in [0.15, 0.2) is 5.11 Å². The van der Waals surface area contributed by atoms with Gasteiger partial charge in [-0.15, -0.1) is 0 Å². The van der Waals surface area contributed by atoms with Crippen LogP contribution in [-0.2, 0) is 11.3 Å². The molecule has 3 rings (SSSR count). The summed E-state index contributed by atoms with van der Waals surface area (Å²) in [6.45, 7) is 0.937. The Bertz CT molecular complexity index is 888. The van der Waals surface area contributed by atoms with Crippen LogP contribution in [0.15, 0.2) is 48.5 Å². The van der Waals surface area contributed by atoms with Gasteiger partial charge in [-0.1, -0.05) is 29.8 Å². The van der Waals surface area contributed by atoms with Crippen molar-refractivity contribution in [2.75, 3.05) is 11.9 Å². The Balaban J connectivity index is 1.66. The van der Waals surface area contributed by atoms with E-state index in [9.17, 15) is 9.59 Å². The second kappa shape index (κ2) is 9.03. The van der Waals surface area contributed by atoms with Crippen LogP contribution in [0.2, 0.25) is 5.02 Å². The zero-order valence-electron chi connectivity index (χ0n) is 15.2. The normalized spacial score (nSPS) is 15.9. The minimum Gasteiger partial charge on any atom is -0.376 e. The molecule has 0 aromatic heterocycles. The fourth-order valence-electron chi connectivity index (χ4n) is 3.23. The summed E-state index contributed by atoms with van der Waals surface area (Å²) in [6, 6.07) is 13.7. The molecular weight excluding hydrogens is 396 g/mol. The van der Waals surface area contributed by atoms with E-state index in [1.165, 1.54) is 0 Å². The number of likely N-dealkylation sites (tertiary alicyclic amines) is 1. The molecule has 0 bridgehead atoms. The van der Waals surface area contributed by atoms with E-state index in [4.69, 9.17) is 29.6 Å². The number of nitrogens with two attached hydrogens (primary N) is 1. The Hall–Kier alpha value is -2.64. The van der Waals surface area contributed by atoms with Crippen LogP contribution in [0.3, 0.4) is 0 Å². The van der Waals surface area contributed by atoms with Gasteiger partial charge in [0.05, 0.1) is 0 Å². The number of benzene rings is 2. The van der Waals surface area contributed by atoms with E-state index in [0.29, 0.717) is 35.8 Å². The molecule has 2 amide bonds. The molecule has 1 aliphatic rings. The molecule has 8 heteroatoms. The molecule has 0 saturated carbocycles. The van der Waals surface area contributed by atoms with E-state index >= 15 is 0 Å². The lowest BCUT2D eigenvalue weighted by atomic mass is 10.1. The molecule has 1 fully saturated rings. The van der Waals surface area contributed by atoms with E-state index < -0.39 is 6.04 Å². The van der Waals surface area contributed by atoms with Crippen molar-refractivity contribution in [3.05, 3.63) is 64.7 Å². The first-order chi connectivity index (χ1) is 13.4. The zero-order chi connectivity index (χ0) is 20.1. The molecular formula is C20H21ClN4O2S. The number of hydrogen-bond donors (Lipinski definition) is 3. The minimum absolute atomic E-state index is 0.130. The number of hydrogen-bond acceptors (Lipinski definition) is 3. The molecule has 0 spiro atoms. The van der Waals surface area contributed by atoms with Gasteiger partial charge in [0.1, 0.15) is 6.04 Å². The molecule has 1 heterocycles.